The van der Waals surface area contributed by atoms with Gasteiger partial charge in [0.15, 0.2) is 0 Å². The Balaban J connectivity index is 0.000000232. The maximum Gasteiger partial charge on any atom is 0.135 e. The SMILES string of the molecule is [2H]C([2H])([2H])c1c[c-]c(-c2ccc(C([2H])([2H])[2H])cn2)cc1.[2H]C([2H])([2H])c1cnc2c3[c-]cccc3c3cc4oc5ccc(-c6ccccc6)cc5c4cc3c2c1C1([2H])CCC(C)(C)CC1.[Ir]. The van der Waals surface area contributed by atoms with Gasteiger partial charge in [0.05, 0.1) is 0 Å². The third kappa shape index (κ3) is 6.99. The van der Waals surface area contributed by atoms with E-state index >= 15 is 0 Å². The number of aryl methyl sites for hydroxylation is 3. The van der Waals surface area contributed by atoms with Gasteiger partial charge in [-0.05, 0) is 130 Å². The minimum Gasteiger partial charge on any atom is -0.456 e. The normalized spacial score (nSPS) is 18.2. The van der Waals surface area contributed by atoms with Crippen LogP contribution in [0, 0.1) is 38.1 Å². The van der Waals surface area contributed by atoms with Gasteiger partial charge in [0.25, 0.3) is 0 Å². The van der Waals surface area contributed by atoms with Crippen molar-refractivity contribution in [3.8, 4) is 22.4 Å². The minimum absolute atomic E-state index is 0. The van der Waals surface area contributed by atoms with Gasteiger partial charge < -0.3 is 14.4 Å². The van der Waals surface area contributed by atoms with Crippen LogP contribution >= 0.6 is 0 Å². The molecule has 0 amide bonds. The first-order valence-corrected chi connectivity index (χ1v) is 18.3. The molecular weight excluding hydrogens is 849 g/mol. The first-order chi connectivity index (χ1) is 30.2. The van der Waals surface area contributed by atoms with Crippen molar-refractivity contribution in [2.45, 2.75) is 66.0 Å². The second-order valence-electron chi connectivity index (χ2n) is 15.0. The molecule has 4 heteroatoms. The molecule has 55 heavy (non-hydrogen) atoms. The van der Waals surface area contributed by atoms with Crippen molar-refractivity contribution < 1.29 is 38.2 Å². The molecule has 0 aliphatic heterocycles. The number of hydrogen-bond acceptors (Lipinski definition) is 3. The van der Waals surface area contributed by atoms with Crippen molar-refractivity contribution >= 4 is 54.4 Å². The van der Waals surface area contributed by atoms with Crippen LogP contribution in [0.3, 0.4) is 0 Å². The first kappa shape index (κ1) is 26.6. The standard InChI is InChI=1S/C38H32NO.C13H12N.Ir/c1-23-22-39-37-28-12-8-7-11-27(28)29-21-34-31(20-32(29)36(37)35(23)25-15-17-38(2,3)18-16-25)30-19-26(13-14-33(30)40-34)24-9-5-4-6-10-24;1-10-3-6-12(7-4-10)13-8-5-11(2)9-14-13;/h4-11,13-14,19-22,25H,15-18H2,1-3H3;3-6,8-9H,1-2H3;/q2*-1;/i1D3,25D;1D3,2D3;. The molecule has 1 saturated carbocycles. The molecule has 6 aromatic carbocycles. The van der Waals surface area contributed by atoms with Gasteiger partial charge in [-0.25, -0.2) is 0 Å². The second kappa shape index (κ2) is 14.8. The monoisotopic (exact) mass is 903 g/mol. The topological polar surface area (TPSA) is 38.9 Å². The zero-order chi connectivity index (χ0) is 45.4. The molecule has 0 N–H and O–H groups in total. The molecule has 275 valence electrons. The fourth-order valence-electron chi connectivity index (χ4n) is 7.87. The van der Waals surface area contributed by atoms with Crippen LogP contribution in [0.25, 0.3) is 76.8 Å². The third-order valence-electron chi connectivity index (χ3n) is 10.9. The summed E-state index contributed by atoms with van der Waals surface area (Å²) in [6, 6.07) is 40.5. The number of furan rings is 1. The van der Waals surface area contributed by atoms with Crippen molar-refractivity contribution in [2.24, 2.45) is 5.41 Å². The Hall–Kier alpha value is -5.15. The predicted molar refractivity (Wildman–Crippen MR) is 226 cm³/mol. The van der Waals surface area contributed by atoms with Gasteiger partial charge in [-0.3, -0.25) is 0 Å². The van der Waals surface area contributed by atoms with E-state index < -0.39 is 26.4 Å². The average Bonchev–Trinajstić information content (AvgIpc) is 3.63. The number of nitrogens with zero attached hydrogens (tertiary/aromatic N) is 2. The number of hydrogen-bond donors (Lipinski definition) is 0. The van der Waals surface area contributed by atoms with Crippen molar-refractivity contribution in [3.63, 3.8) is 0 Å². The van der Waals surface area contributed by atoms with Crippen molar-refractivity contribution in [3.05, 3.63) is 156 Å². The van der Waals surface area contributed by atoms with E-state index in [0.29, 0.717) is 35.2 Å². The molecule has 1 fully saturated rings. The summed E-state index contributed by atoms with van der Waals surface area (Å²) in [7, 11) is 0. The van der Waals surface area contributed by atoms with Crippen LogP contribution in [0.1, 0.15) is 81.4 Å². The molecule has 3 nitrogen and oxygen atoms in total. The van der Waals surface area contributed by atoms with E-state index in [9.17, 15) is 1.37 Å². The Bertz CT molecular complexity index is 3150. The van der Waals surface area contributed by atoms with E-state index in [2.05, 4.69) is 73.4 Å². The molecule has 1 aliphatic rings. The molecule has 0 spiro atoms. The van der Waals surface area contributed by atoms with Gasteiger partial charge in [-0.2, -0.15) is 0 Å². The Kier molecular flexibility index (Phi) is 7.18. The van der Waals surface area contributed by atoms with Gasteiger partial charge >= 0.3 is 0 Å². The van der Waals surface area contributed by atoms with Crippen LogP contribution in [-0.2, 0) is 20.1 Å². The van der Waals surface area contributed by atoms with E-state index in [4.69, 9.17) is 21.7 Å². The summed E-state index contributed by atoms with van der Waals surface area (Å²) in [6.07, 6.45) is 5.71. The summed E-state index contributed by atoms with van der Waals surface area (Å²) in [6.45, 7) is -2.27. The Morgan fingerprint density at radius 3 is 2.27 bits per heavy atom. The zero-order valence-electron chi connectivity index (χ0n) is 40.5. The van der Waals surface area contributed by atoms with E-state index in [0.717, 1.165) is 72.8 Å². The fraction of sp³-hybridized carbons (Fsp3) is 0.216. The van der Waals surface area contributed by atoms with Crippen LogP contribution in [0.15, 0.2) is 126 Å². The maximum atomic E-state index is 9.91. The molecule has 3 heterocycles. The zero-order valence-corrected chi connectivity index (χ0v) is 32.9. The number of aromatic nitrogens is 2. The van der Waals surface area contributed by atoms with E-state index in [-0.39, 0.29) is 42.2 Å². The second-order valence-corrected chi connectivity index (χ2v) is 15.0. The quantitative estimate of drug-likeness (QED) is 0.131. The van der Waals surface area contributed by atoms with Crippen molar-refractivity contribution in [1.82, 2.24) is 9.97 Å². The summed E-state index contributed by atoms with van der Waals surface area (Å²) in [4.78, 5) is 8.90. The maximum absolute atomic E-state index is 9.91. The fourth-order valence-corrected chi connectivity index (χ4v) is 7.87. The summed E-state index contributed by atoms with van der Waals surface area (Å²) in [5.74, 6) is -1.05. The predicted octanol–water partition coefficient (Wildman–Crippen LogP) is 14.1. The number of rotatable bonds is 3. The van der Waals surface area contributed by atoms with Crippen LogP contribution in [0.4, 0.5) is 0 Å². The third-order valence-corrected chi connectivity index (χ3v) is 10.9. The molecule has 0 bridgehead atoms. The van der Waals surface area contributed by atoms with Gasteiger partial charge in [0, 0.05) is 57.0 Å². The van der Waals surface area contributed by atoms with Crippen LogP contribution < -0.4 is 0 Å². The smallest absolute Gasteiger partial charge is 0.135 e. The number of fused-ring (bicyclic) bond motifs is 9. The summed E-state index contributed by atoms with van der Waals surface area (Å²) in [5.41, 5.74) is 6.93. The average molecular weight is 903 g/mol. The van der Waals surface area contributed by atoms with Gasteiger partial charge in [0.2, 0.25) is 0 Å². The molecule has 0 atom stereocenters. The van der Waals surface area contributed by atoms with E-state index in [1.54, 1.807) is 12.1 Å². The molecule has 0 saturated heterocycles. The van der Waals surface area contributed by atoms with Crippen molar-refractivity contribution in [2.75, 3.05) is 0 Å². The molecule has 3 aromatic heterocycles. The summed E-state index contributed by atoms with van der Waals surface area (Å²) < 4.78 is 85.6. The van der Waals surface area contributed by atoms with E-state index in [1.165, 1.54) is 30.6 Å². The van der Waals surface area contributed by atoms with Crippen LogP contribution in [0.5, 0.6) is 0 Å². The minimum atomic E-state index is -2.41. The van der Waals surface area contributed by atoms with Crippen molar-refractivity contribution in [1.29, 1.82) is 0 Å². The Morgan fingerprint density at radius 2 is 1.53 bits per heavy atom. The Morgan fingerprint density at radius 1 is 0.709 bits per heavy atom. The summed E-state index contributed by atoms with van der Waals surface area (Å²) >= 11 is 0. The van der Waals surface area contributed by atoms with Gasteiger partial charge in [0.1, 0.15) is 11.2 Å². The summed E-state index contributed by atoms with van der Waals surface area (Å²) in [5, 5.41) is 6.37. The molecule has 1 radical (unpaired) electrons. The van der Waals surface area contributed by atoms with Gasteiger partial charge in [-0.15, -0.1) is 65.0 Å². The number of benzene rings is 6. The van der Waals surface area contributed by atoms with E-state index in [1.807, 2.05) is 36.4 Å². The molecule has 0 unspecified atom stereocenters. The Labute approximate surface area is 351 Å². The largest absolute Gasteiger partial charge is 0.456 e. The molecule has 10 rings (SSSR count). The van der Waals surface area contributed by atoms with Gasteiger partial charge in [-0.1, -0.05) is 74.6 Å². The van der Waals surface area contributed by atoms with Crippen LogP contribution in [-0.4, -0.2) is 9.97 Å². The number of pyridine rings is 2. The first-order valence-electron chi connectivity index (χ1n) is 23.3. The molecule has 1 aliphatic carbocycles. The van der Waals surface area contributed by atoms with Crippen LogP contribution in [0.2, 0.25) is 0 Å². The molecule has 9 aromatic rings. The molecular formula is C51H44IrN2O-2.